The van der Waals surface area contributed by atoms with Gasteiger partial charge in [0, 0.05) is 49.3 Å². The molecule has 4 N–H and O–H groups in total. The van der Waals surface area contributed by atoms with Crippen molar-refractivity contribution in [1.82, 2.24) is 10.6 Å². The lowest BCUT2D eigenvalue weighted by Gasteiger charge is -2.10. The van der Waals surface area contributed by atoms with Crippen LogP contribution in [0.25, 0.3) is 0 Å². The van der Waals surface area contributed by atoms with E-state index in [0.717, 1.165) is 6.42 Å². The Hall–Kier alpha value is -3.39. The number of anilines is 2. The number of methoxy groups -OCH3 is 1. The molecule has 2 aromatic rings. The molecule has 2 rings (SSSR count). The van der Waals surface area contributed by atoms with E-state index in [1.807, 2.05) is 6.92 Å². The zero-order valence-electron chi connectivity index (χ0n) is 17.3. The molecule has 8 nitrogen and oxygen atoms in total. The summed E-state index contributed by atoms with van der Waals surface area (Å²) < 4.78 is 4.95. The van der Waals surface area contributed by atoms with Gasteiger partial charge in [0.2, 0.25) is 5.91 Å². The fraction of sp³-hybridized carbons (Fsp3) is 0.318. The highest BCUT2D eigenvalue weighted by Gasteiger charge is 2.09. The van der Waals surface area contributed by atoms with E-state index in [-0.39, 0.29) is 24.3 Å². The van der Waals surface area contributed by atoms with Crippen LogP contribution in [0.3, 0.4) is 0 Å². The van der Waals surface area contributed by atoms with Crippen molar-refractivity contribution in [3.63, 3.8) is 0 Å². The summed E-state index contributed by atoms with van der Waals surface area (Å²) in [6, 6.07) is 13.7. The van der Waals surface area contributed by atoms with E-state index in [2.05, 4.69) is 21.3 Å². The van der Waals surface area contributed by atoms with Gasteiger partial charge in [-0.25, -0.2) is 0 Å². The molecule has 0 aliphatic carbocycles. The Morgan fingerprint density at radius 3 is 2.20 bits per heavy atom. The van der Waals surface area contributed by atoms with Crippen LogP contribution in [0, 0.1) is 0 Å². The molecular weight excluding hydrogens is 384 g/mol. The van der Waals surface area contributed by atoms with Crippen LogP contribution in [0.1, 0.15) is 34.1 Å². The van der Waals surface area contributed by atoms with Gasteiger partial charge in [-0.1, -0.05) is 12.1 Å². The summed E-state index contributed by atoms with van der Waals surface area (Å²) in [4.78, 5) is 36.3. The first kappa shape index (κ1) is 22.9. The number of carbonyl (C=O) groups is 3. The van der Waals surface area contributed by atoms with Crippen LogP contribution in [0.4, 0.5) is 11.4 Å². The Kier molecular flexibility index (Phi) is 9.33. The topological polar surface area (TPSA) is 109 Å². The summed E-state index contributed by atoms with van der Waals surface area (Å²) in [5.74, 6) is -0.638. The molecule has 0 unspecified atom stereocenters. The molecule has 0 spiro atoms. The van der Waals surface area contributed by atoms with Gasteiger partial charge in [-0.05, 0) is 49.7 Å². The summed E-state index contributed by atoms with van der Waals surface area (Å²) in [7, 11) is 1.61. The van der Waals surface area contributed by atoms with Crippen LogP contribution in [0.15, 0.2) is 48.5 Å². The maximum absolute atomic E-state index is 12.3. The van der Waals surface area contributed by atoms with Crippen molar-refractivity contribution < 1.29 is 19.1 Å². The minimum absolute atomic E-state index is 0.0201. The molecule has 0 saturated heterocycles. The lowest BCUT2D eigenvalue weighted by molar-refractivity contribution is -0.114. The quantitative estimate of drug-likeness (QED) is 0.424. The van der Waals surface area contributed by atoms with Crippen molar-refractivity contribution >= 4 is 29.1 Å². The summed E-state index contributed by atoms with van der Waals surface area (Å²) in [6.07, 6.45) is 0.728. The highest BCUT2D eigenvalue weighted by molar-refractivity contribution is 5.98. The molecule has 8 heteroatoms. The van der Waals surface area contributed by atoms with Crippen molar-refractivity contribution in [1.29, 1.82) is 0 Å². The lowest BCUT2D eigenvalue weighted by atomic mass is 10.2. The lowest BCUT2D eigenvalue weighted by Crippen LogP contribution is -2.26. The number of ether oxygens (including phenoxy) is 1. The Bertz CT molecular complexity index is 870. The molecule has 0 bridgehead atoms. The number of rotatable bonds is 11. The number of hydrogen-bond acceptors (Lipinski definition) is 5. The zero-order valence-corrected chi connectivity index (χ0v) is 17.3. The number of hydrogen-bond donors (Lipinski definition) is 4. The van der Waals surface area contributed by atoms with Crippen LogP contribution >= 0.6 is 0 Å². The molecule has 0 fully saturated rings. The third-order valence-electron chi connectivity index (χ3n) is 4.13. The first-order valence-corrected chi connectivity index (χ1v) is 9.82. The molecule has 2 aromatic carbocycles. The molecule has 0 radical (unpaired) electrons. The van der Waals surface area contributed by atoms with E-state index in [0.29, 0.717) is 42.2 Å². The van der Waals surface area contributed by atoms with Crippen molar-refractivity contribution in [3.8, 4) is 0 Å². The fourth-order valence-electron chi connectivity index (χ4n) is 2.68. The molecule has 0 heterocycles. The minimum Gasteiger partial charge on any atom is -0.385 e. The molecule has 30 heavy (non-hydrogen) atoms. The summed E-state index contributed by atoms with van der Waals surface area (Å²) in [5, 5.41) is 11.3. The van der Waals surface area contributed by atoms with E-state index in [1.54, 1.807) is 55.6 Å². The van der Waals surface area contributed by atoms with Crippen molar-refractivity contribution in [3.05, 3.63) is 59.7 Å². The van der Waals surface area contributed by atoms with Gasteiger partial charge in [-0.15, -0.1) is 0 Å². The molecule has 0 aromatic heterocycles. The molecule has 3 amide bonds. The zero-order chi connectivity index (χ0) is 21.8. The van der Waals surface area contributed by atoms with E-state index in [1.165, 1.54) is 0 Å². The summed E-state index contributed by atoms with van der Waals surface area (Å²) >= 11 is 0. The monoisotopic (exact) mass is 412 g/mol. The predicted molar refractivity (Wildman–Crippen MR) is 117 cm³/mol. The SMILES string of the molecule is CCNC(=O)c1cccc(NCC(=O)Nc2cccc(C(=O)NCCCOC)c2)c1. The van der Waals surface area contributed by atoms with E-state index in [9.17, 15) is 14.4 Å². The van der Waals surface area contributed by atoms with Crippen molar-refractivity contribution in [2.75, 3.05) is 44.0 Å². The maximum Gasteiger partial charge on any atom is 0.251 e. The van der Waals surface area contributed by atoms with Gasteiger partial charge < -0.3 is 26.0 Å². The predicted octanol–water partition coefficient (Wildman–Crippen LogP) is 2.25. The summed E-state index contributed by atoms with van der Waals surface area (Å²) in [5.41, 5.74) is 2.18. The largest absolute Gasteiger partial charge is 0.385 e. The van der Waals surface area contributed by atoms with Crippen molar-refractivity contribution in [2.24, 2.45) is 0 Å². The standard InChI is InChI=1S/C22H28N4O4/c1-3-23-21(28)16-7-4-9-18(13-16)25-15-20(27)26-19-10-5-8-17(14-19)22(29)24-11-6-12-30-2/h4-5,7-10,13-14,25H,3,6,11-12,15H2,1-2H3,(H,23,28)(H,24,29)(H,26,27). The van der Waals surface area contributed by atoms with Gasteiger partial charge in [-0.2, -0.15) is 0 Å². The van der Waals surface area contributed by atoms with E-state index >= 15 is 0 Å². The number of nitrogens with one attached hydrogen (secondary N) is 4. The third-order valence-corrected chi connectivity index (χ3v) is 4.13. The van der Waals surface area contributed by atoms with E-state index in [4.69, 9.17) is 4.74 Å². The molecule has 0 saturated carbocycles. The average Bonchev–Trinajstić information content (AvgIpc) is 2.76. The van der Waals surface area contributed by atoms with Crippen LogP contribution in [0.5, 0.6) is 0 Å². The molecule has 0 aliphatic heterocycles. The average molecular weight is 412 g/mol. The first-order chi connectivity index (χ1) is 14.5. The highest BCUT2D eigenvalue weighted by atomic mass is 16.5. The molecule has 0 aliphatic rings. The van der Waals surface area contributed by atoms with Crippen LogP contribution in [-0.4, -0.2) is 51.1 Å². The van der Waals surface area contributed by atoms with Gasteiger partial charge >= 0.3 is 0 Å². The second kappa shape index (κ2) is 12.2. The third kappa shape index (κ3) is 7.56. The van der Waals surface area contributed by atoms with E-state index < -0.39 is 0 Å². The van der Waals surface area contributed by atoms with Gasteiger partial charge in [0.05, 0.1) is 6.54 Å². The smallest absolute Gasteiger partial charge is 0.251 e. The Balaban J connectivity index is 1.87. The van der Waals surface area contributed by atoms with Gasteiger partial charge in [0.15, 0.2) is 0 Å². The number of carbonyl (C=O) groups excluding carboxylic acids is 3. The van der Waals surface area contributed by atoms with Crippen LogP contribution in [-0.2, 0) is 9.53 Å². The number of amides is 3. The van der Waals surface area contributed by atoms with Gasteiger partial charge in [0.25, 0.3) is 11.8 Å². The first-order valence-electron chi connectivity index (χ1n) is 9.82. The number of benzene rings is 2. The van der Waals surface area contributed by atoms with Crippen LogP contribution in [0.2, 0.25) is 0 Å². The molecule has 0 atom stereocenters. The normalized spacial score (nSPS) is 10.2. The van der Waals surface area contributed by atoms with Gasteiger partial charge in [0.1, 0.15) is 0 Å². The molecular formula is C22H28N4O4. The highest BCUT2D eigenvalue weighted by Crippen LogP contribution is 2.12. The van der Waals surface area contributed by atoms with Crippen molar-refractivity contribution in [2.45, 2.75) is 13.3 Å². The van der Waals surface area contributed by atoms with Crippen LogP contribution < -0.4 is 21.3 Å². The summed E-state index contributed by atoms with van der Waals surface area (Å²) in [6.45, 7) is 3.51. The minimum atomic E-state index is -0.268. The fourth-order valence-corrected chi connectivity index (χ4v) is 2.68. The Labute approximate surface area is 176 Å². The second-order valence-electron chi connectivity index (χ2n) is 6.53. The Morgan fingerprint density at radius 2 is 1.53 bits per heavy atom. The Morgan fingerprint density at radius 1 is 0.900 bits per heavy atom. The van der Waals surface area contributed by atoms with Gasteiger partial charge in [-0.3, -0.25) is 14.4 Å². The maximum atomic E-state index is 12.3. The second-order valence-corrected chi connectivity index (χ2v) is 6.53. The molecule has 160 valence electrons.